The smallest absolute Gasteiger partial charge is 0.305 e. The molecule has 0 saturated carbocycles. The van der Waals surface area contributed by atoms with Crippen molar-refractivity contribution in [2.75, 3.05) is 64.9 Å². The van der Waals surface area contributed by atoms with Gasteiger partial charge in [0.15, 0.2) is 0 Å². The molecule has 4 aliphatic heterocycles. The Morgan fingerprint density at radius 3 is 1.48 bits per heavy atom. The molecule has 9 rings (SSSR count). The van der Waals surface area contributed by atoms with Gasteiger partial charge in [0.25, 0.3) is 0 Å². The normalized spacial score (nSPS) is 25.3. The van der Waals surface area contributed by atoms with Crippen molar-refractivity contribution in [3.05, 3.63) is 102 Å². The number of carbonyl (C=O) groups excluding carboxylic acids is 16. The Balaban J connectivity index is 1.07. The Morgan fingerprint density at radius 1 is 0.484 bits per heavy atom. The zero-order valence-electron chi connectivity index (χ0n) is 72.3. The second-order valence-corrected chi connectivity index (χ2v) is 33.6. The van der Waals surface area contributed by atoms with Crippen molar-refractivity contribution in [2.24, 2.45) is 17.2 Å². The van der Waals surface area contributed by atoms with Crippen molar-refractivity contribution >= 4 is 140 Å². The van der Waals surface area contributed by atoms with E-state index in [0.29, 0.717) is 64.2 Å². The fourth-order valence-corrected chi connectivity index (χ4v) is 17.3. The molecule has 4 aliphatic rings. The van der Waals surface area contributed by atoms with Gasteiger partial charge in [-0.1, -0.05) is 88.1 Å². The molecular weight excluding hydrogens is 1680 g/mol. The minimum absolute atomic E-state index is 0.0169. The third-order valence-electron chi connectivity index (χ3n) is 23.4. The number of carbonyl (C=O) groups is 18. The van der Waals surface area contributed by atoms with Gasteiger partial charge in [0.05, 0.1) is 18.7 Å². The number of primary amides is 1. The summed E-state index contributed by atoms with van der Waals surface area (Å²) in [4.78, 5) is 271. The lowest BCUT2D eigenvalue weighted by molar-refractivity contribution is -0.149. The summed E-state index contributed by atoms with van der Waals surface area (Å²) in [5, 5.41) is 57.8. The number of thioether (sulfide) groups is 1. The molecule has 5 aromatic rings. The Morgan fingerprint density at radius 2 is 0.953 bits per heavy atom. The molecule has 21 N–H and O–H groups in total. The summed E-state index contributed by atoms with van der Waals surface area (Å²) < 4.78 is 0. The van der Waals surface area contributed by atoms with Gasteiger partial charge in [-0.2, -0.15) is 0 Å². The summed E-state index contributed by atoms with van der Waals surface area (Å²) in [6, 6.07) is -1.36. The summed E-state index contributed by atoms with van der Waals surface area (Å²) in [7, 11) is 2.75. The van der Waals surface area contributed by atoms with E-state index in [4.69, 9.17) is 17.2 Å². The van der Waals surface area contributed by atoms with Gasteiger partial charge in [-0.3, -0.25) is 86.3 Å². The van der Waals surface area contributed by atoms with E-state index in [1.54, 1.807) is 60.9 Å². The van der Waals surface area contributed by atoms with E-state index in [1.165, 1.54) is 55.1 Å². The van der Waals surface area contributed by atoms with Crippen molar-refractivity contribution in [3.8, 4) is 5.75 Å². The molecular formula is C86H118N20O21S. The number of amides is 16. The Hall–Kier alpha value is -12.7. The van der Waals surface area contributed by atoms with E-state index in [9.17, 15) is 72.9 Å². The predicted molar refractivity (Wildman–Crippen MR) is 467 cm³/mol. The van der Waals surface area contributed by atoms with E-state index < -0.39 is 235 Å². The number of carboxylic acid groups (broad SMARTS) is 2. The minimum Gasteiger partial charge on any atom is -0.508 e. The van der Waals surface area contributed by atoms with Crippen molar-refractivity contribution in [1.82, 2.24) is 87.6 Å². The molecule has 14 atom stereocenters. The number of nitrogens with zero attached hydrogens (tertiary/aromatic N) is 5. The fourth-order valence-electron chi connectivity index (χ4n) is 16.4. The fraction of sp³-hybridized carbons (Fsp3) is 0.535. The van der Waals surface area contributed by atoms with Crippen LogP contribution in [0.4, 0.5) is 0 Å². The van der Waals surface area contributed by atoms with Crippen molar-refractivity contribution in [1.29, 1.82) is 0 Å². The van der Waals surface area contributed by atoms with Crippen molar-refractivity contribution in [2.45, 2.75) is 227 Å². The molecule has 4 fully saturated rings. The number of aromatic nitrogens is 2. The Labute approximate surface area is 742 Å². The molecule has 2 aromatic heterocycles. The number of likely N-dealkylation sites (N-methyl/N-ethyl adjacent to an activating group) is 2. The number of aromatic hydroxyl groups is 1. The van der Waals surface area contributed by atoms with Crippen LogP contribution in [-0.4, -0.2) is 306 Å². The largest absolute Gasteiger partial charge is 0.508 e. The Kier molecular flexibility index (Phi) is 36.5. The van der Waals surface area contributed by atoms with Gasteiger partial charge in [0.2, 0.25) is 94.5 Å². The second kappa shape index (κ2) is 47.2. The molecule has 16 amide bonds. The SMILES string of the molecule is CCCC[C@H]1C(=O)N(C)[C@@H](CCCC)C(=O)N[C@@H](C)C(=O)N[C@H](C(=O)NCC(N)=O)CSCC(=O)N[C@@H](Cc2ccc(O)cc2)C(=O)N2CCC[C@H]2C(=O)NC(CC(=O)O)C(=O)N2CCC[C@H]2C(=O)N[C@@H](CN)C(=O)N[C@@H](CCC(=O)O)C(=O)N2CCC[C@H]2C(=O)N[C@@H](Cc2c[nH]c3ccccc23)C(=O)N[C@@H](CCN)C(=O)N[C@@H](Cc2c[nH]c3ccccc23)C(=O)N1C. The summed E-state index contributed by atoms with van der Waals surface area (Å²) in [5.74, 6) is -18.6. The predicted octanol–water partition coefficient (Wildman–Crippen LogP) is -2.23. The monoisotopic (exact) mass is 1800 g/mol. The highest BCUT2D eigenvalue weighted by molar-refractivity contribution is 8.00. The number of nitrogens with two attached hydrogens (primary N) is 3. The number of aliphatic carboxylic acids is 2. The van der Waals surface area contributed by atoms with Crippen LogP contribution < -0.4 is 70.4 Å². The zero-order valence-corrected chi connectivity index (χ0v) is 73.1. The number of benzene rings is 3. The summed E-state index contributed by atoms with van der Waals surface area (Å²) in [5.41, 5.74) is 20.6. The maximum absolute atomic E-state index is 15.7. The standard InChI is InChI=1S/C86H118N20O21S/c1-6-8-21-64-78(119)93-47(3)73(114)101-63(74(115)92-44-69(89)108)45-128-46-70(109)94-59(37-48-26-28-51(107)29-27-48)84(125)105-35-15-24-66(105)80(121)99-61(40-72(112)113)85(126)106-36-16-25-67(106)81(122)100-62(41-88)77(118)96-57(30-31-71(110)111)83(124)104-34-14-23-65(104)79(120)97-58(38-49-42-90-54-19-12-10-17-52(49)54)76(117)95-56(32-33-87)75(116)98-60(39-50-43-91-55-20-13-11-18-53(50)55)82(123)103(5)68(22-9-7-2)86(127)102(64)4/h10-13,17-20,26-29,42-43,47,56-68,90-91,107H,6-9,14-16,21-25,30-41,44-46,87-88H2,1-5H3,(H2,89,108)(H,92,115)(H,93,119)(H,94,109)(H,95,117)(H,96,118)(H,97,120)(H,98,116)(H,99,121)(H,100,122)(H,101,114)(H,110,111)(H,112,113)/t47-,56-,57-,58-,59-,60-,61?,62-,63-,64-,65-,66-,67-,68-/m0/s1. The first-order valence-corrected chi connectivity index (χ1v) is 44.3. The van der Waals surface area contributed by atoms with Crippen molar-refractivity contribution < 1.29 is 102 Å². The van der Waals surface area contributed by atoms with E-state index in [0.717, 1.165) is 26.5 Å². The van der Waals surface area contributed by atoms with Crippen LogP contribution in [0.15, 0.2) is 85.2 Å². The highest BCUT2D eigenvalue weighted by atomic mass is 32.2. The number of H-pyrrole nitrogens is 2. The topological polar surface area (TPSA) is 614 Å². The first-order valence-electron chi connectivity index (χ1n) is 43.2. The van der Waals surface area contributed by atoms with Gasteiger partial charge >= 0.3 is 11.9 Å². The lowest BCUT2D eigenvalue weighted by Crippen LogP contribution is -2.61. The number of para-hydroxylation sites is 2. The highest BCUT2D eigenvalue weighted by Gasteiger charge is 2.46. The molecule has 3 aromatic carbocycles. The molecule has 0 radical (unpaired) electrons. The third kappa shape index (κ3) is 26.5. The molecule has 0 spiro atoms. The quantitative estimate of drug-likeness (QED) is 0.0329. The Bertz CT molecular complexity index is 4870. The molecule has 0 aliphatic carbocycles. The maximum atomic E-state index is 15.7. The van der Waals surface area contributed by atoms with Gasteiger partial charge < -0.3 is 120 Å². The van der Waals surface area contributed by atoms with Crippen LogP contribution in [0.3, 0.4) is 0 Å². The number of fused-ring (bicyclic) bond motifs is 5. The molecule has 6 heterocycles. The number of hydrogen-bond acceptors (Lipinski definition) is 22. The lowest BCUT2D eigenvalue weighted by Gasteiger charge is -2.36. The number of nitrogens with one attached hydrogen (secondary N) is 12. The van der Waals surface area contributed by atoms with Crippen LogP contribution in [-0.2, 0) is 106 Å². The molecule has 41 nitrogen and oxygen atoms in total. The second-order valence-electron chi connectivity index (χ2n) is 32.6. The average molecular weight is 1800 g/mol. The van der Waals surface area contributed by atoms with E-state index in [1.807, 2.05) is 13.8 Å². The summed E-state index contributed by atoms with van der Waals surface area (Å²) in [6.07, 6.45) is 2.32. The number of rotatable bonds is 23. The lowest BCUT2D eigenvalue weighted by atomic mass is 10.00. The van der Waals surface area contributed by atoms with Crippen LogP contribution in [0, 0.1) is 0 Å². The molecule has 0 bridgehead atoms. The number of aromatic amines is 2. The zero-order chi connectivity index (χ0) is 93.2. The number of unbranched alkanes of at least 4 members (excludes halogenated alkanes) is 2. The maximum Gasteiger partial charge on any atom is 0.305 e. The first-order chi connectivity index (χ1) is 61.1. The summed E-state index contributed by atoms with van der Waals surface area (Å²) in [6.45, 7) is 3.07. The van der Waals surface area contributed by atoms with Crippen LogP contribution in [0.1, 0.15) is 140 Å². The molecule has 1 unspecified atom stereocenters. The van der Waals surface area contributed by atoms with Crippen LogP contribution >= 0.6 is 11.8 Å². The van der Waals surface area contributed by atoms with E-state index in [2.05, 4.69) is 63.1 Å². The molecule has 128 heavy (non-hydrogen) atoms. The van der Waals surface area contributed by atoms with Crippen LogP contribution in [0.25, 0.3) is 21.8 Å². The molecule has 42 heteroatoms. The highest BCUT2D eigenvalue weighted by Crippen LogP contribution is 2.28. The van der Waals surface area contributed by atoms with Crippen molar-refractivity contribution in [3.63, 3.8) is 0 Å². The minimum atomic E-state index is -1.88. The average Bonchev–Trinajstić information content (AvgIpc) is 1.75. The van der Waals surface area contributed by atoms with Crippen LogP contribution in [0.2, 0.25) is 0 Å². The number of carboxylic acids is 2. The van der Waals surface area contributed by atoms with Gasteiger partial charge in [-0.05, 0) is 119 Å². The van der Waals surface area contributed by atoms with Gasteiger partial charge in [-0.15, -0.1) is 11.8 Å². The van der Waals surface area contributed by atoms with Gasteiger partial charge in [-0.25, -0.2) is 0 Å². The van der Waals surface area contributed by atoms with E-state index in [-0.39, 0.29) is 109 Å². The molecule has 694 valence electrons. The number of phenols is 1. The summed E-state index contributed by atoms with van der Waals surface area (Å²) >= 11 is 0.786. The number of phenolic OH excluding ortho intramolecular Hbond substituents is 1. The molecule has 4 saturated heterocycles. The van der Waals surface area contributed by atoms with Gasteiger partial charge in [0, 0.05) is 106 Å². The third-order valence-corrected chi connectivity index (χ3v) is 24.4. The first kappa shape index (κ1) is 99.1. The van der Waals surface area contributed by atoms with E-state index >= 15 is 28.8 Å². The van der Waals surface area contributed by atoms with Gasteiger partial charge in [0.1, 0.15) is 90.3 Å². The van der Waals surface area contributed by atoms with Crippen LogP contribution in [0.5, 0.6) is 5.75 Å². The number of hydrogen-bond donors (Lipinski definition) is 18.